The summed E-state index contributed by atoms with van der Waals surface area (Å²) < 4.78 is 0. The summed E-state index contributed by atoms with van der Waals surface area (Å²) in [6, 6.07) is 34.0. The Balaban J connectivity index is 1.46. The molecule has 4 aromatic rings. The molecule has 0 saturated heterocycles. The van der Waals surface area contributed by atoms with Gasteiger partial charge in [-0.25, -0.2) is 0 Å². The van der Waals surface area contributed by atoms with E-state index in [1.165, 1.54) is 4.90 Å². The van der Waals surface area contributed by atoms with Gasteiger partial charge >= 0.3 is 0 Å². The van der Waals surface area contributed by atoms with Gasteiger partial charge in [0.25, 0.3) is 5.91 Å². The van der Waals surface area contributed by atoms with Crippen LogP contribution < -0.4 is 10.2 Å². The molecule has 0 radical (unpaired) electrons. The first kappa shape index (κ1) is 24.1. The monoisotopic (exact) mass is 488 g/mol. The Hall–Kier alpha value is -4.64. The summed E-state index contributed by atoms with van der Waals surface area (Å²) in [4.78, 5) is 28.4. The highest BCUT2D eigenvalue weighted by atomic mass is 16.3. The number of carbonyl (C=O) groups is 2. The number of aliphatic hydroxyl groups excluding tert-OH is 1. The number of amides is 1. The predicted molar refractivity (Wildman–Crippen MR) is 147 cm³/mol. The van der Waals surface area contributed by atoms with Crippen LogP contribution in [0.25, 0.3) is 0 Å². The summed E-state index contributed by atoms with van der Waals surface area (Å²) in [7, 11) is 0. The lowest BCUT2D eigenvalue weighted by Crippen LogP contribution is -2.31. The standard InChI is InChI=1S/C32H28N2O3/c1-22-9-8-12-24(21-22)30-29(28(35)20-15-23-10-4-2-5-11-23)31(36)32(37)34(30)27-18-16-26(17-19-27)33-25-13-6-3-7-14-25/h2-14,16-19,21,30,33,36H,15,20H2,1H3. The molecule has 1 aliphatic rings. The van der Waals surface area contributed by atoms with Gasteiger partial charge in [-0.05, 0) is 60.9 Å². The van der Waals surface area contributed by atoms with Gasteiger partial charge in [0.05, 0.1) is 11.6 Å². The first-order valence-corrected chi connectivity index (χ1v) is 12.3. The quantitative estimate of drug-likeness (QED) is 0.285. The van der Waals surface area contributed by atoms with Crippen molar-refractivity contribution in [2.24, 2.45) is 0 Å². The number of nitrogens with one attached hydrogen (secondary N) is 1. The van der Waals surface area contributed by atoms with Gasteiger partial charge in [-0.1, -0.05) is 78.4 Å². The zero-order chi connectivity index (χ0) is 25.8. The second-order valence-corrected chi connectivity index (χ2v) is 9.20. The molecule has 184 valence electrons. The zero-order valence-electron chi connectivity index (χ0n) is 20.6. The molecule has 5 rings (SSSR count). The van der Waals surface area contributed by atoms with Crippen LogP contribution in [0.15, 0.2) is 121 Å². The highest BCUT2D eigenvalue weighted by Crippen LogP contribution is 2.42. The largest absolute Gasteiger partial charge is 0.503 e. The third kappa shape index (κ3) is 5.16. The van der Waals surface area contributed by atoms with Crippen LogP contribution in [0.5, 0.6) is 0 Å². The first-order valence-electron chi connectivity index (χ1n) is 12.3. The van der Waals surface area contributed by atoms with E-state index in [-0.39, 0.29) is 17.8 Å². The summed E-state index contributed by atoms with van der Waals surface area (Å²) in [5.41, 5.74) is 5.40. The van der Waals surface area contributed by atoms with E-state index >= 15 is 0 Å². The van der Waals surface area contributed by atoms with E-state index in [4.69, 9.17) is 0 Å². The molecular formula is C32H28N2O3. The van der Waals surface area contributed by atoms with Gasteiger partial charge in [-0.15, -0.1) is 0 Å². The highest BCUT2D eigenvalue weighted by molar-refractivity contribution is 6.16. The fraction of sp³-hybridized carbons (Fsp3) is 0.125. The Morgan fingerprint density at radius 1 is 0.838 bits per heavy atom. The maximum Gasteiger partial charge on any atom is 0.294 e. The highest BCUT2D eigenvalue weighted by Gasteiger charge is 2.44. The average Bonchev–Trinajstić information content (AvgIpc) is 3.19. The maximum atomic E-state index is 13.5. The number of para-hydroxylation sites is 1. The lowest BCUT2D eigenvalue weighted by Gasteiger charge is -2.27. The molecular weight excluding hydrogens is 460 g/mol. The van der Waals surface area contributed by atoms with Crippen molar-refractivity contribution in [3.05, 3.63) is 137 Å². The number of anilines is 3. The topological polar surface area (TPSA) is 69.6 Å². The van der Waals surface area contributed by atoms with Gasteiger partial charge in [-0.3, -0.25) is 14.5 Å². The third-order valence-electron chi connectivity index (χ3n) is 6.56. The van der Waals surface area contributed by atoms with E-state index < -0.39 is 17.7 Å². The van der Waals surface area contributed by atoms with Gasteiger partial charge in [0.1, 0.15) is 0 Å². The molecule has 1 aliphatic heterocycles. The van der Waals surface area contributed by atoms with Crippen LogP contribution >= 0.6 is 0 Å². The number of carbonyl (C=O) groups excluding carboxylic acids is 2. The van der Waals surface area contributed by atoms with Crippen molar-refractivity contribution in [1.82, 2.24) is 0 Å². The van der Waals surface area contributed by atoms with E-state index in [2.05, 4.69) is 5.32 Å². The second kappa shape index (κ2) is 10.5. The van der Waals surface area contributed by atoms with Crippen molar-refractivity contribution < 1.29 is 14.7 Å². The smallest absolute Gasteiger partial charge is 0.294 e. The summed E-state index contributed by atoms with van der Waals surface area (Å²) in [5.74, 6) is -1.28. The van der Waals surface area contributed by atoms with Crippen LogP contribution in [-0.4, -0.2) is 16.8 Å². The van der Waals surface area contributed by atoms with Crippen LogP contribution in [0.2, 0.25) is 0 Å². The molecule has 0 aromatic heterocycles. The van der Waals surface area contributed by atoms with Crippen molar-refractivity contribution in [2.45, 2.75) is 25.8 Å². The maximum absolute atomic E-state index is 13.5. The van der Waals surface area contributed by atoms with E-state index in [1.54, 1.807) is 0 Å². The fourth-order valence-corrected chi connectivity index (χ4v) is 4.74. The number of nitrogens with zero attached hydrogens (tertiary/aromatic N) is 1. The van der Waals surface area contributed by atoms with Crippen molar-refractivity contribution in [3.8, 4) is 0 Å². The van der Waals surface area contributed by atoms with Crippen LogP contribution in [0, 0.1) is 6.92 Å². The number of aryl methyl sites for hydroxylation is 2. The van der Waals surface area contributed by atoms with Crippen molar-refractivity contribution in [1.29, 1.82) is 0 Å². The Kier molecular flexibility index (Phi) is 6.86. The third-order valence-corrected chi connectivity index (χ3v) is 6.56. The molecule has 0 fully saturated rings. The molecule has 0 saturated carbocycles. The van der Waals surface area contributed by atoms with Gasteiger partial charge in [-0.2, -0.15) is 0 Å². The Labute approximate surface area is 216 Å². The number of benzene rings is 4. The van der Waals surface area contributed by atoms with E-state index in [0.717, 1.165) is 28.1 Å². The minimum absolute atomic E-state index is 0.151. The molecule has 1 unspecified atom stereocenters. The zero-order valence-corrected chi connectivity index (χ0v) is 20.6. The summed E-state index contributed by atoms with van der Waals surface area (Å²) in [5, 5.41) is 14.3. The van der Waals surface area contributed by atoms with Crippen molar-refractivity contribution >= 4 is 28.8 Å². The van der Waals surface area contributed by atoms with Crippen LogP contribution in [0.4, 0.5) is 17.1 Å². The predicted octanol–water partition coefficient (Wildman–Crippen LogP) is 6.84. The molecule has 37 heavy (non-hydrogen) atoms. The number of ketones is 1. The lowest BCUT2D eigenvalue weighted by atomic mass is 9.92. The van der Waals surface area contributed by atoms with Gasteiger partial charge in [0.15, 0.2) is 11.5 Å². The average molecular weight is 489 g/mol. The molecule has 2 N–H and O–H groups in total. The molecule has 1 heterocycles. The number of Topliss-reactive ketones (excluding diaryl/α,β-unsaturated/α-hetero) is 1. The SMILES string of the molecule is Cc1cccc(C2C(C(=O)CCc3ccccc3)=C(O)C(=O)N2c2ccc(Nc3ccccc3)cc2)c1. The minimum Gasteiger partial charge on any atom is -0.503 e. The molecule has 1 amide bonds. The normalized spacial score (nSPS) is 15.2. The summed E-state index contributed by atoms with van der Waals surface area (Å²) in [6.45, 7) is 1.97. The van der Waals surface area contributed by atoms with Crippen LogP contribution in [-0.2, 0) is 16.0 Å². The van der Waals surface area contributed by atoms with Gasteiger partial charge < -0.3 is 10.4 Å². The molecule has 1 atom stereocenters. The number of rotatable bonds is 8. The van der Waals surface area contributed by atoms with Crippen molar-refractivity contribution in [2.75, 3.05) is 10.2 Å². The Morgan fingerprint density at radius 2 is 1.49 bits per heavy atom. The molecule has 0 bridgehead atoms. The molecule has 5 heteroatoms. The fourth-order valence-electron chi connectivity index (χ4n) is 4.74. The number of hydrogen-bond acceptors (Lipinski definition) is 4. The lowest BCUT2D eigenvalue weighted by molar-refractivity contribution is -0.118. The molecule has 0 spiro atoms. The van der Waals surface area contributed by atoms with E-state index in [1.807, 2.05) is 116 Å². The Morgan fingerprint density at radius 3 is 2.16 bits per heavy atom. The summed E-state index contributed by atoms with van der Waals surface area (Å²) in [6.07, 6.45) is 0.734. The molecule has 0 aliphatic carbocycles. The molecule has 4 aromatic carbocycles. The molecule has 5 nitrogen and oxygen atoms in total. The number of aliphatic hydroxyl groups is 1. The van der Waals surface area contributed by atoms with E-state index in [9.17, 15) is 14.7 Å². The minimum atomic E-state index is -0.705. The van der Waals surface area contributed by atoms with Crippen LogP contribution in [0.1, 0.15) is 29.2 Å². The first-order chi connectivity index (χ1) is 18.0. The second-order valence-electron chi connectivity index (χ2n) is 9.20. The van der Waals surface area contributed by atoms with Crippen molar-refractivity contribution in [3.63, 3.8) is 0 Å². The van der Waals surface area contributed by atoms with Crippen LogP contribution in [0.3, 0.4) is 0 Å². The van der Waals surface area contributed by atoms with Gasteiger partial charge in [0.2, 0.25) is 0 Å². The van der Waals surface area contributed by atoms with E-state index in [0.29, 0.717) is 12.1 Å². The number of hydrogen-bond donors (Lipinski definition) is 2. The van der Waals surface area contributed by atoms with Gasteiger partial charge in [0, 0.05) is 23.5 Å². The Bertz CT molecular complexity index is 1440. The summed E-state index contributed by atoms with van der Waals surface area (Å²) >= 11 is 0.